The van der Waals surface area contributed by atoms with E-state index in [9.17, 15) is 14.4 Å². The maximum atomic E-state index is 12.9. The number of carbonyl (C=O) groups is 3. The Bertz CT molecular complexity index is 1020. The van der Waals surface area contributed by atoms with E-state index in [2.05, 4.69) is 29.6 Å². The number of nitrogens with one attached hydrogen (secondary N) is 1. The van der Waals surface area contributed by atoms with Crippen LogP contribution in [0, 0.1) is 16.7 Å². The molecule has 6 heteroatoms. The van der Waals surface area contributed by atoms with Crippen LogP contribution in [0.15, 0.2) is 36.4 Å². The van der Waals surface area contributed by atoms with Crippen LogP contribution in [0.3, 0.4) is 0 Å². The highest BCUT2D eigenvalue weighted by molar-refractivity contribution is 6.11. The van der Waals surface area contributed by atoms with E-state index in [4.69, 9.17) is 10.8 Å². The molecule has 0 radical (unpaired) electrons. The van der Waals surface area contributed by atoms with Gasteiger partial charge in [-0.05, 0) is 46.6 Å². The van der Waals surface area contributed by atoms with Crippen molar-refractivity contribution < 1.29 is 19.5 Å². The molecule has 2 aromatic rings. The second-order valence-corrected chi connectivity index (χ2v) is 10.4. The van der Waals surface area contributed by atoms with Crippen molar-refractivity contribution >= 4 is 34.0 Å². The summed E-state index contributed by atoms with van der Waals surface area (Å²) >= 11 is 0. The van der Waals surface area contributed by atoms with E-state index < -0.39 is 17.4 Å². The minimum atomic E-state index is -0.913. The number of carboxylic acid groups (broad SMARTS) is 1. The number of carbonyl (C=O) groups excluding carboxylic acids is 2. The number of aliphatic carboxylic acids is 1. The molecule has 0 unspecified atom stereocenters. The average molecular weight is 439 g/mol. The van der Waals surface area contributed by atoms with Gasteiger partial charge in [0.15, 0.2) is 0 Å². The van der Waals surface area contributed by atoms with Crippen LogP contribution in [-0.4, -0.2) is 35.2 Å². The van der Waals surface area contributed by atoms with Crippen LogP contribution in [0.1, 0.15) is 52.5 Å². The average Bonchev–Trinajstić information content (AvgIpc) is 2.71. The first-order chi connectivity index (χ1) is 14.9. The molecule has 4 rings (SSSR count). The second kappa shape index (κ2) is 9.02. The highest BCUT2D eigenvalue weighted by atomic mass is 16.4. The molecule has 1 aliphatic carbocycles. The largest absolute Gasteiger partial charge is 0.480 e. The Hall–Kier alpha value is -2.73. The molecule has 1 aliphatic heterocycles. The number of nitrogens with two attached hydrogens (primary N) is 1. The predicted molar refractivity (Wildman–Crippen MR) is 127 cm³/mol. The summed E-state index contributed by atoms with van der Waals surface area (Å²) in [6.45, 7) is 8.35. The first-order valence-corrected chi connectivity index (χ1v) is 11.2. The third-order valence-electron chi connectivity index (χ3n) is 6.49. The fraction of sp³-hybridized carbons (Fsp3) is 0.500. The van der Waals surface area contributed by atoms with Gasteiger partial charge in [-0.3, -0.25) is 14.4 Å². The predicted octanol–water partition coefficient (Wildman–Crippen LogP) is 4.20. The lowest BCUT2D eigenvalue weighted by Crippen LogP contribution is -2.54. The van der Waals surface area contributed by atoms with Crippen molar-refractivity contribution in [1.29, 1.82) is 0 Å². The number of hydrogen-bond acceptors (Lipinski definition) is 5. The van der Waals surface area contributed by atoms with Crippen LogP contribution in [0.5, 0.6) is 0 Å². The number of ketones is 2. The first kappa shape index (κ1) is 23.9. The van der Waals surface area contributed by atoms with E-state index in [0.29, 0.717) is 38.1 Å². The fourth-order valence-corrected chi connectivity index (χ4v) is 4.73. The molecule has 1 saturated carbocycles. The van der Waals surface area contributed by atoms with Gasteiger partial charge in [-0.15, -0.1) is 0 Å². The normalized spacial score (nSPS) is 19.7. The van der Waals surface area contributed by atoms with Gasteiger partial charge in [0.2, 0.25) is 0 Å². The highest BCUT2D eigenvalue weighted by Crippen LogP contribution is 2.46. The van der Waals surface area contributed by atoms with Crippen molar-refractivity contribution in [1.82, 2.24) is 0 Å². The monoisotopic (exact) mass is 438 g/mol. The van der Waals surface area contributed by atoms with E-state index in [1.807, 2.05) is 39.8 Å². The molecule has 0 bridgehead atoms. The van der Waals surface area contributed by atoms with Gasteiger partial charge >= 0.3 is 5.97 Å². The summed E-state index contributed by atoms with van der Waals surface area (Å²) in [7, 11) is 0. The summed E-state index contributed by atoms with van der Waals surface area (Å²) < 4.78 is 0. The molecule has 1 spiro atoms. The lowest BCUT2D eigenvalue weighted by molar-refractivity contribution is -0.147. The number of rotatable bonds is 3. The zero-order chi connectivity index (χ0) is 23.7. The molecular formula is C26H34N2O4. The summed E-state index contributed by atoms with van der Waals surface area (Å²) in [5.74, 6) is -0.352. The molecule has 6 nitrogen and oxygen atoms in total. The summed E-state index contributed by atoms with van der Waals surface area (Å²) in [5, 5.41) is 14.0. The summed E-state index contributed by atoms with van der Waals surface area (Å²) in [6, 6.07) is 11.6. The number of anilines is 1. The molecule has 32 heavy (non-hydrogen) atoms. The Morgan fingerprint density at radius 2 is 1.69 bits per heavy atom. The molecule has 1 fully saturated rings. The molecule has 2 aliphatic rings. The van der Waals surface area contributed by atoms with Gasteiger partial charge in [-0.2, -0.15) is 0 Å². The Morgan fingerprint density at radius 3 is 2.25 bits per heavy atom. The minimum absolute atomic E-state index is 0.102. The fourth-order valence-electron chi connectivity index (χ4n) is 4.73. The molecular weight excluding hydrogens is 404 g/mol. The van der Waals surface area contributed by atoms with Crippen molar-refractivity contribution in [3.63, 3.8) is 0 Å². The maximum absolute atomic E-state index is 12.9. The second-order valence-electron chi connectivity index (χ2n) is 10.4. The van der Waals surface area contributed by atoms with Crippen molar-refractivity contribution in [2.45, 2.75) is 59.4 Å². The van der Waals surface area contributed by atoms with Crippen LogP contribution >= 0.6 is 0 Å². The molecule has 4 N–H and O–H groups in total. The van der Waals surface area contributed by atoms with E-state index >= 15 is 0 Å². The lowest BCUT2D eigenvalue weighted by Gasteiger charge is -2.43. The summed E-state index contributed by atoms with van der Waals surface area (Å²) in [5.41, 5.74) is 6.30. The van der Waals surface area contributed by atoms with Gasteiger partial charge in [0, 0.05) is 25.1 Å². The molecule has 1 heterocycles. The van der Waals surface area contributed by atoms with Crippen molar-refractivity contribution in [3.8, 4) is 0 Å². The van der Waals surface area contributed by atoms with Crippen LogP contribution < -0.4 is 11.1 Å². The van der Waals surface area contributed by atoms with Crippen molar-refractivity contribution in [2.24, 2.45) is 22.5 Å². The third-order valence-corrected chi connectivity index (χ3v) is 6.49. The van der Waals surface area contributed by atoms with Crippen LogP contribution in [0.2, 0.25) is 0 Å². The molecule has 172 valence electrons. The van der Waals surface area contributed by atoms with Gasteiger partial charge in [-0.25, -0.2) is 0 Å². The van der Waals surface area contributed by atoms with Gasteiger partial charge in [-0.1, -0.05) is 58.0 Å². The standard InChI is InChI=1S/C20H21NO2.C6H13NO2/c1-19(2)10-17(22)20(18(23)11-19)9-15-14-6-4-3-5-13(14)7-8-16(15)21-12-20;1-4(2)3-5(7)6(8)9/h3-8,21H,9-12H2,1-2H3;4-5H,3,7H2,1-2H3,(H,8,9)/t;5-/m.0/s1. The lowest BCUT2D eigenvalue weighted by atomic mass is 9.60. The van der Waals surface area contributed by atoms with Crippen LogP contribution in [0.25, 0.3) is 10.8 Å². The highest BCUT2D eigenvalue weighted by Gasteiger charge is 2.53. The van der Waals surface area contributed by atoms with Gasteiger partial charge in [0.1, 0.15) is 23.0 Å². The number of benzene rings is 2. The Balaban J connectivity index is 0.000000275. The Labute approximate surface area is 189 Å². The zero-order valence-corrected chi connectivity index (χ0v) is 19.4. The molecule has 0 aromatic heterocycles. The van der Waals surface area contributed by atoms with Crippen LogP contribution in [0.4, 0.5) is 5.69 Å². The number of Topliss-reactive ketones (excluding diaryl/α,β-unsaturated/α-hetero) is 2. The Morgan fingerprint density at radius 1 is 1.06 bits per heavy atom. The molecule has 1 atom stereocenters. The number of fused-ring (bicyclic) bond motifs is 3. The molecule has 0 saturated heterocycles. The quantitative estimate of drug-likeness (QED) is 0.620. The summed E-state index contributed by atoms with van der Waals surface area (Å²) in [6.07, 6.45) is 2.06. The smallest absolute Gasteiger partial charge is 0.320 e. The van der Waals surface area contributed by atoms with E-state index in [-0.39, 0.29) is 17.0 Å². The Kier molecular flexibility index (Phi) is 6.75. The topological polar surface area (TPSA) is 109 Å². The van der Waals surface area contributed by atoms with E-state index in [0.717, 1.165) is 22.0 Å². The summed E-state index contributed by atoms with van der Waals surface area (Å²) in [4.78, 5) is 35.9. The van der Waals surface area contributed by atoms with Gasteiger partial charge in [0.05, 0.1) is 0 Å². The van der Waals surface area contributed by atoms with Crippen molar-refractivity contribution in [2.75, 3.05) is 11.9 Å². The van der Waals surface area contributed by atoms with E-state index in [1.54, 1.807) is 0 Å². The maximum Gasteiger partial charge on any atom is 0.320 e. The number of carboxylic acids is 1. The first-order valence-electron chi connectivity index (χ1n) is 11.2. The minimum Gasteiger partial charge on any atom is -0.480 e. The van der Waals surface area contributed by atoms with E-state index in [1.165, 1.54) is 0 Å². The molecule has 2 aromatic carbocycles. The third kappa shape index (κ3) is 4.85. The number of hydrogen-bond donors (Lipinski definition) is 3. The zero-order valence-electron chi connectivity index (χ0n) is 19.4. The van der Waals surface area contributed by atoms with Crippen molar-refractivity contribution in [3.05, 3.63) is 42.0 Å². The SMILES string of the molecule is CC(C)C[C@H](N)C(=O)O.CC1(C)CC(=O)C2(CNc3ccc4ccccc4c3C2)C(=O)C1. The van der Waals surface area contributed by atoms with Gasteiger partial charge < -0.3 is 16.2 Å². The molecule has 0 amide bonds. The van der Waals surface area contributed by atoms with Gasteiger partial charge in [0.25, 0.3) is 0 Å². The van der Waals surface area contributed by atoms with Crippen LogP contribution in [-0.2, 0) is 20.8 Å².